The Morgan fingerprint density at radius 3 is 2.10 bits per heavy atom. The van der Waals surface area contributed by atoms with Crippen molar-refractivity contribution in [2.75, 3.05) is 0 Å². The maximum atomic E-state index is 15.1. The third-order valence-corrected chi connectivity index (χ3v) is 9.75. The molecule has 1 heterocycles. The van der Waals surface area contributed by atoms with Gasteiger partial charge < -0.3 is 4.74 Å². The monoisotopic (exact) mass is 534 g/mol. The van der Waals surface area contributed by atoms with Crippen molar-refractivity contribution >= 4 is 11.6 Å². The molecule has 0 aromatic heterocycles. The highest BCUT2D eigenvalue weighted by atomic mass is 16.5. The zero-order valence-corrected chi connectivity index (χ0v) is 26.6. The Morgan fingerprint density at radius 1 is 0.872 bits per heavy atom. The quantitative estimate of drug-likeness (QED) is 0.207. The molecule has 3 aliphatic rings. The molecule has 1 spiro atoms. The fourth-order valence-corrected chi connectivity index (χ4v) is 7.42. The van der Waals surface area contributed by atoms with E-state index in [0.717, 1.165) is 56.9 Å². The Morgan fingerprint density at radius 2 is 1.49 bits per heavy atom. The summed E-state index contributed by atoms with van der Waals surface area (Å²) >= 11 is 0. The van der Waals surface area contributed by atoms with Crippen LogP contribution < -0.4 is 0 Å². The number of Topliss-reactive ketones (excluding diaryl/α,β-unsaturated/α-hetero) is 1. The van der Waals surface area contributed by atoms with Gasteiger partial charge in [-0.25, -0.2) is 0 Å². The maximum Gasteiger partial charge on any atom is 0.173 e. The van der Waals surface area contributed by atoms with Gasteiger partial charge in [0.2, 0.25) is 0 Å². The number of hydrogen-bond donors (Lipinski definition) is 0. The topological polar surface area (TPSA) is 43.4 Å². The molecule has 0 amide bonds. The predicted octanol–water partition coefficient (Wildman–Crippen LogP) is 9.80. The molecule has 4 atom stereocenters. The number of rotatable bonds is 10. The van der Waals surface area contributed by atoms with Crippen LogP contribution in [-0.2, 0) is 14.3 Å². The molecule has 2 aliphatic carbocycles. The second-order valence-electron chi connectivity index (χ2n) is 14.3. The van der Waals surface area contributed by atoms with E-state index in [2.05, 4.69) is 93.5 Å². The van der Waals surface area contributed by atoms with E-state index in [9.17, 15) is 4.79 Å². The van der Waals surface area contributed by atoms with Gasteiger partial charge in [-0.3, -0.25) is 9.59 Å². The second-order valence-corrected chi connectivity index (χ2v) is 14.3. The van der Waals surface area contributed by atoms with Crippen LogP contribution in [0.25, 0.3) is 0 Å². The van der Waals surface area contributed by atoms with Crippen LogP contribution in [0, 0.1) is 22.2 Å². The molecule has 2 bridgehead atoms. The number of fused-ring (bicyclic) bond motifs is 1. The number of allylic oxidation sites excluding steroid dienone is 10. The summed E-state index contributed by atoms with van der Waals surface area (Å²) in [6.07, 6.45) is 18.4. The molecule has 0 aromatic rings. The Balaban J connectivity index is 2.10. The normalized spacial score (nSPS) is 31.5. The van der Waals surface area contributed by atoms with Gasteiger partial charge in [0.1, 0.15) is 16.8 Å². The van der Waals surface area contributed by atoms with Crippen LogP contribution in [-0.4, -0.2) is 17.2 Å². The van der Waals surface area contributed by atoms with Crippen molar-refractivity contribution in [1.82, 2.24) is 0 Å². The molecule has 39 heavy (non-hydrogen) atoms. The molecule has 3 rings (SSSR count). The Hall–Kier alpha value is -2.16. The summed E-state index contributed by atoms with van der Waals surface area (Å²) in [4.78, 5) is 29.4. The van der Waals surface area contributed by atoms with Gasteiger partial charge in [0.05, 0.1) is 5.41 Å². The summed E-state index contributed by atoms with van der Waals surface area (Å²) in [6, 6.07) is 0. The van der Waals surface area contributed by atoms with Crippen molar-refractivity contribution in [3.8, 4) is 0 Å². The molecule has 1 saturated heterocycles. The zero-order chi connectivity index (χ0) is 29.2. The molecule has 1 aliphatic heterocycles. The molecule has 0 N–H and O–H groups in total. The molecular formula is C36H54O3. The summed E-state index contributed by atoms with van der Waals surface area (Å²) in [7, 11) is 0. The Kier molecular flexibility index (Phi) is 9.45. The van der Waals surface area contributed by atoms with Crippen LogP contribution in [0.5, 0.6) is 0 Å². The summed E-state index contributed by atoms with van der Waals surface area (Å²) in [5, 5.41) is 0. The molecule has 0 aromatic carbocycles. The van der Waals surface area contributed by atoms with E-state index in [4.69, 9.17) is 4.74 Å². The molecule has 3 nitrogen and oxygen atoms in total. The van der Waals surface area contributed by atoms with Crippen LogP contribution >= 0.6 is 0 Å². The first-order valence-corrected chi connectivity index (χ1v) is 15.2. The molecule has 0 unspecified atom stereocenters. The molecule has 2 fully saturated rings. The number of ketones is 2. The van der Waals surface area contributed by atoms with Crippen molar-refractivity contribution in [1.29, 1.82) is 0 Å². The first kappa shape index (κ1) is 31.4. The van der Waals surface area contributed by atoms with E-state index in [-0.39, 0.29) is 22.9 Å². The average Bonchev–Trinajstić information content (AvgIpc) is 2.80. The first-order valence-electron chi connectivity index (χ1n) is 15.2. The highest BCUT2D eigenvalue weighted by molar-refractivity contribution is 6.19. The van der Waals surface area contributed by atoms with Crippen molar-refractivity contribution in [2.24, 2.45) is 22.2 Å². The van der Waals surface area contributed by atoms with Crippen molar-refractivity contribution < 1.29 is 14.3 Å². The van der Waals surface area contributed by atoms with E-state index in [1.807, 2.05) is 0 Å². The van der Waals surface area contributed by atoms with E-state index in [0.29, 0.717) is 12.2 Å². The van der Waals surface area contributed by atoms with Crippen molar-refractivity contribution in [2.45, 2.75) is 133 Å². The summed E-state index contributed by atoms with van der Waals surface area (Å²) < 4.78 is 6.54. The fraction of sp³-hybridized carbons (Fsp3) is 0.667. The highest BCUT2D eigenvalue weighted by Crippen LogP contribution is 2.67. The smallest absolute Gasteiger partial charge is 0.173 e. The summed E-state index contributed by atoms with van der Waals surface area (Å²) in [6.45, 7) is 21.3. The highest BCUT2D eigenvalue weighted by Gasteiger charge is 2.71. The summed E-state index contributed by atoms with van der Waals surface area (Å²) in [5.74, 6) is 0.866. The number of carbonyl (C=O) groups is 2. The van der Waals surface area contributed by atoms with Crippen LogP contribution in [0.3, 0.4) is 0 Å². The minimum Gasteiger partial charge on any atom is -0.491 e. The fourth-order valence-electron chi connectivity index (χ4n) is 7.42. The van der Waals surface area contributed by atoms with E-state index in [1.54, 1.807) is 6.08 Å². The Labute approximate surface area is 238 Å². The molecule has 0 radical (unpaired) electrons. The number of hydrogen-bond acceptors (Lipinski definition) is 3. The molecule has 1 saturated carbocycles. The van der Waals surface area contributed by atoms with E-state index < -0.39 is 16.4 Å². The van der Waals surface area contributed by atoms with Gasteiger partial charge in [-0.2, -0.15) is 0 Å². The maximum absolute atomic E-state index is 15.1. The number of carbonyl (C=O) groups excluding carboxylic acids is 2. The number of ether oxygens (including phenoxy) is 1. The average molecular weight is 535 g/mol. The third kappa shape index (κ3) is 6.13. The van der Waals surface area contributed by atoms with Crippen LogP contribution in [0.15, 0.2) is 58.4 Å². The van der Waals surface area contributed by atoms with Crippen molar-refractivity contribution in [3.05, 3.63) is 58.4 Å². The lowest BCUT2D eigenvalue weighted by Crippen LogP contribution is -2.67. The van der Waals surface area contributed by atoms with Gasteiger partial charge in [0.25, 0.3) is 0 Å². The SMILES string of the molecule is CC(C)=CCCC(C)=CC[C@H]1CC(C)(C)OC2=CC(=O)[C@]3(CC=C(C)C)C(=O)[C@@]21CC[C@]3(C)CCC=C(C)C. The van der Waals surface area contributed by atoms with Crippen LogP contribution in [0.4, 0.5) is 0 Å². The van der Waals surface area contributed by atoms with Crippen LogP contribution in [0.2, 0.25) is 0 Å². The first-order chi connectivity index (χ1) is 18.1. The molecule has 3 heteroatoms. The third-order valence-electron chi connectivity index (χ3n) is 9.75. The predicted molar refractivity (Wildman–Crippen MR) is 163 cm³/mol. The Bertz CT molecular complexity index is 1110. The zero-order valence-electron chi connectivity index (χ0n) is 26.6. The lowest BCUT2D eigenvalue weighted by molar-refractivity contribution is -0.183. The van der Waals surface area contributed by atoms with Gasteiger partial charge in [0, 0.05) is 6.08 Å². The minimum absolute atomic E-state index is 0.0417. The molecular weight excluding hydrogens is 480 g/mol. The largest absolute Gasteiger partial charge is 0.491 e. The van der Waals surface area contributed by atoms with Gasteiger partial charge in [0.15, 0.2) is 11.6 Å². The second kappa shape index (κ2) is 11.8. The van der Waals surface area contributed by atoms with Gasteiger partial charge in [-0.15, -0.1) is 0 Å². The minimum atomic E-state index is -1.03. The lowest BCUT2D eigenvalue weighted by Gasteiger charge is -2.62. The van der Waals surface area contributed by atoms with Gasteiger partial charge in [-0.1, -0.05) is 53.5 Å². The van der Waals surface area contributed by atoms with E-state index >= 15 is 4.79 Å². The standard InChI is InChI=1S/C36H54O3/c1-25(2)13-11-15-28(7)16-17-29-24-33(8,9)39-31-23-30(37)36(20-18-27(5)6)32(38)35(29,31)22-21-34(36,10)19-12-14-26(3)4/h13-14,16,18,23,29H,11-12,15,17,19-22,24H2,1-10H3/t29-,34-,35+,36+/m0/s1. The van der Waals surface area contributed by atoms with Crippen molar-refractivity contribution in [3.63, 3.8) is 0 Å². The lowest BCUT2D eigenvalue weighted by atomic mass is 9.40. The van der Waals surface area contributed by atoms with Gasteiger partial charge >= 0.3 is 0 Å². The summed E-state index contributed by atoms with van der Waals surface area (Å²) in [5.41, 5.74) is 2.61. The van der Waals surface area contributed by atoms with Crippen LogP contribution in [0.1, 0.15) is 127 Å². The van der Waals surface area contributed by atoms with E-state index in [1.165, 1.54) is 16.7 Å². The molecule has 216 valence electrons. The van der Waals surface area contributed by atoms with Gasteiger partial charge in [-0.05, 0) is 131 Å².